The third-order valence-electron chi connectivity index (χ3n) is 4.20. The maximum Gasteiger partial charge on any atom is 0.163 e. The number of unbranched alkanes of at least 4 members (excludes halogenated alkanes) is 1. The minimum absolute atomic E-state index is 0.662. The fourth-order valence-electron chi connectivity index (χ4n) is 2.61. The number of aromatic nitrogens is 4. The summed E-state index contributed by atoms with van der Waals surface area (Å²) in [5.74, 6) is 1.54. The molecule has 0 aliphatic heterocycles. The number of imidazole rings is 1. The van der Waals surface area contributed by atoms with Crippen molar-refractivity contribution in [2.45, 2.75) is 33.2 Å². The number of anilines is 1. The molecular formula is C19H22ClN5. The molecule has 5 nitrogen and oxygen atoms in total. The van der Waals surface area contributed by atoms with Crippen LogP contribution in [0.3, 0.4) is 0 Å². The minimum Gasteiger partial charge on any atom is -0.370 e. The summed E-state index contributed by atoms with van der Waals surface area (Å²) >= 11 is 6.29. The standard InChI is InChI=1S/C19H22ClN5/c1-14-15(2)23-19(16-7-3-4-8-17(16)20)24-18(14)22-9-5-6-11-25-12-10-21-13-25/h3-4,7-8,10,12-13H,5-6,9,11H2,1-2H3,(H,22,23,24). The molecule has 0 aliphatic carbocycles. The van der Waals surface area contributed by atoms with Crippen molar-refractivity contribution in [3.05, 3.63) is 59.3 Å². The van der Waals surface area contributed by atoms with Crippen molar-refractivity contribution in [2.24, 2.45) is 0 Å². The number of benzene rings is 1. The van der Waals surface area contributed by atoms with Crippen molar-refractivity contribution in [3.8, 4) is 11.4 Å². The highest BCUT2D eigenvalue weighted by Gasteiger charge is 2.11. The molecule has 3 aromatic rings. The van der Waals surface area contributed by atoms with Crippen molar-refractivity contribution < 1.29 is 0 Å². The van der Waals surface area contributed by atoms with Crippen molar-refractivity contribution in [1.82, 2.24) is 19.5 Å². The van der Waals surface area contributed by atoms with Crippen molar-refractivity contribution in [3.63, 3.8) is 0 Å². The molecule has 2 heterocycles. The van der Waals surface area contributed by atoms with E-state index in [1.165, 1.54) is 0 Å². The lowest BCUT2D eigenvalue weighted by atomic mass is 10.2. The molecule has 0 aliphatic rings. The second-order valence-electron chi connectivity index (χ2n) is 6.02. The first-order valence-electron chi connectivity index (χ1n) is 8.45. The molecule has 0 unspecified atom stereocenters. The minimum atomic E-state index is 0.662. The number of hydrogen-bond acceptors (Lipinski definition) is 4. The number of aryl methyl sites for hydroxylation is 2. The van der Waals surface area contributed by atoms with Gasteiger partial charge in [-0.05, 0) is 38.8 Å². The van der Waals surface area contributed by atoms with Gasteiger partial charge in [0, 0.05) is 42.3 Å². The van der Waals surface area contributed by atoms with Gasteiger partial charge in [0.25, 0.3) is 0 Å². The average Bonchev–Trinajstić information content (AvgIpc) is 3.12. The van der Waals surface area contributed by atoms with Crippen LogP contribution in [0.25, 0.3) is 11.4 Å². The second-order valence-corrected chi connectivity index (χ2v) is 6.43. The quantitative estimate of drug-likeness (QED) is 0.634. The smallest absolute Gasteiger partial charge is 0.163 e. The Morgan fingerprint density at radius 1 is 1.12 bits per heavy atom. The van der Waals surface area contributed by atoms with E-state index < -0.39 is 0 Å². The van der Waals surface area contributed by atoms with Gasteiger partial charge in [-0.25, -0.2) is 15.0 Å². The fourth-order valence-corrected chi connectivity index (χ4v) is 2.83. The molecule has 0 saturated carbocycles. The van der Waals surface area contributed by atoms with Crippen LogP contribution in [0.1, 0.15) is 24.1 Å². The van der Waals surface area contributed by atoms with Crippen LogP contribution >= 0.6 is 11.6 Å². The van der Waals surface area contributed by atoms with Crippen LogP contribution in [0.15, 0.2) is 43.0 Å². The van der Waals surface area contributed by atoms with Gasteiger partial charge in [-0.1, -0.05) is 23.7 Å². The van der Waals surface area contributed by atoms with Gasteiger partial charge in [0.2, 0.25) is 0 Å². The molecule has 0 saturated heterocycles. The van der Waals surface area contributed by atoms with Crippen molar-refractivity contribution in [2.75, 3.05) is 11.9 Å². The Morgan fingerprint density at radius 3 is 2.72 bits per heavy atom. The van der Waals surface area contributed by atoms with E-state index in [1.54, 1.807) is 0 Å². The molecule has 6 heteroatoms. The van der Waals surface area contributed by atoms with E-state index in [9.17, 15) is 0 Å². The van der Waals surface area contributed by atoms with Gasteiger partial charge >= 0.3 is 0 Å². The number of nitrogens with one attached hydrogen (secondary N) is 1. The van der Waals surface area contributed by atoms with E-state index in [-0.39, 0.29) is 0 Å². The van der Waals surface area contributed by atoms with Gasteiger partial charge in [0.05, 0.1) is 11.3 Å². The molecule has 0 spiro atoms. The molecule has 2 aromatic heterocycles. The lowest BCUT2D eigenvalue weighted by Gasteiger charge is -2.13. The molecule has 0 radical (unpaired) electrons. The average molecular weight is 356 g/mol. The van der Waals surface area contributed by atoms with Crippen LogP contribution in [0.4, 0.5) is 5.82 Å². The Hall–Kier alpha value is -2.40. The number of nitrogens with zero attached hydrogens (tertiary/aromatic N) is 4. The Labute approximate surface area is 153 Å². The topological polar surface area (TPSA) is 55.6 Å². The van der Waals surface area contributed by atoms with E-state index in [2.05, 4.69) is 24.8 Å². The van der Waals surface area contributed by atoms with Gasteiger partial charge in [-0.2, -0.15) is 0 Å². The zero-order valence-electron chi connectivity index (χ0n) is 14.5. The van der Waals surface area contributed by atoms with Crippen LogP contribution in [0.2, 0.25) is 5.02 Å². The van der Waals surface area contributed by atoms with Gasteiger partial charge in [0.15, 0.2) is 5.82 Å². The Bertz CT molecular complexity index is 830. The number of rotatable bonds is 7. The van der Waals surface area contributed by atoms with Crippen LogP contribution in [0, 0.1) is 13.8 Å². The van der Waals surface area contributed by atoms with Crippen LogP contribution < -0.4 is 5.32 Å². The molecule has 130 valence electrons. The highest BCUT2D eigenvalue weighted by atomic mass is 35.5. The van der Waals surface area contributed by atoms with E-state index >= 15 is 0 Å². The first kappa shape index (κ1) is 17.4. The maximum atomic E-state index is 6.29. The molecule has 0 atom stereocenters. The monoisotopic (exact) mass is 355 g/mol. The molecule has 25 heavy (non-hydrogen) atoms. The molecule has 0 fully saturated rings. The molecule has 1 N–H and O–H groups in total. The number of hydrogen-bond donors (Lipinski definition) is 1. The van der Waals surface area contributed by atoms with Gasteiger partial charge in [-0.15, -0.1) is 0 Å². The summed E-state index contributed by atoms with van der Waals surface area (Å²) in [5, 5.41) is 4.11. The third kappa shape index (κ3) is 4.37. The summed E-state index contributed by atoms with van der Waals surface area (Å²) in [7, 11) is 0. The van der Waals surface area contributed by atoms with Gasteiger partial charge < -0.3 is 9.88 Å². The summed E-state index contributed by atoms with van der Waals surface area (Å²) < 4.78 is 2.09. The highest BCUT2D eigenvalue weighted by molar-refractivity contribution is 6.33. The SMILES string of the molecule is Cc1nc(-c2ccccc2Cl)nc(NCCCCn2ccnc2)c1C. The maximum absolute atomic E-state index is 6.29. The summed E-state index contributed by atoms with van der Waals surface area (Å²) in [6.07, 6.45) is 7.79. The van der Waals surface area contributed by atoms with Gasteiger partial charge in [-0.3, -0.25) is 0 Å². The number of halogens is 1. The summed E-state index contributed by atoms with van der Waals surface area (Å²) in [4.78, 5) is 13.3. The first-order chi connectivity index (χ1) is 12.1. The Kier molecular flexibility index (Phi) is 5.66. The van der Waals surface area contributed by atoms with Crippen molar-refractivity contribution in [1.29, 1.82) is 0 Å². The zero-order valence-corrected chi connectivity index (χ0v) is 15.3. The normalized spacial score (nSPS) is 10.8. The zero-order chi connectivity index (χ0) is 17.6. The third-order valence-corrected chi connectivity index (χ3v) is 4.53. The molecule has 3 rings (SSSR count). The van der Waals surface area contributed by atoms with Crippen LogP contribution in [-0.2, 0) is 6.54 Å². The predicted octanol–water partition coefficient (Wildman–Crippen LogP) is 4.50. The summed E-state index contributed by atoms with van der Waals surface area (Å²) in [6.45, 7) is 5.89. The fraction of sp³-hybridized carbons (Fsp3) is 0.316. The van der Waals surface area contributed by atoms with Crippen LogP contribution in [-0.4, -0.2) is 26.1 Å². The first-order valence-corrected chi connectivity index (χ1v) is 8.82. The molecule has 0 bridgehead atoms. The molecule has 0 amide bonds. The Morgan fingerprint density at radius 2 is 1.96 bits per heavy atom. The Balaban J connectivity index is 1.65. The highest BCUT2D eigenvalue weighted by Crippen LogP contribution is 2.27. The molecule has 1 aromatic carbocycles. The molecular weight excluding hydrogens is 334 g/mol. The van der Waals surface area contributed by atoms with E-state index in [1.807, 2.05) is 56.8 Å². The van der Waals surface area contributed by atoms with E-state index in [0.717, 1.165) is 48.6 Å². The van der Waals surface area contributed by atoms with Gasteiger partial charge in [0.1, 0.15) is 5.82 Å². The summed E-state index contributed by atoms with van der Waals surface area (Å²) in [6, 6.07) is 7.66. The van der Waals surface area contributed by atoms with Crippen LogP contribution in [0.5, 0.6) is 0 Å². The summed E-state index contributed by atoms with van der Waals surface area (Å²) in [5.41, 5.74) is 2.90. The van der Waals surface area contributed by atoms with E-state index in [4.69, 9.17) is 11.6 Å². The largest absolute Gasteiger partial charge is 0.370 e. The lowest BCUT2D eigenvalue weighted by molar-refractivity contribution is 0.620. The second kappa shape index (κ2) is 8.12. The van der Waals surface area contributed by atoms with E-state index in [0.29, 0.717) is 10.8 Å². The predicted molar refractivity (Wildman–Crippen MR) is 102 cm³/mol. The lowest BCUT2D eigenvalue weighted by Crippen LogP contribution is -2.09. The van der Waals surface area contributed by atoms with Crippen molar-refractivity contribution >= 4 is 17.4 Å².